The van der Waals surface area contributed by atoms with Crippen LogP contribution in [0.3, 0.4) is 0 Å². The molecule has 0 aliphatic heterocycles. The number of methoxy groups -OCH3 is 2. The molecule has 100 valence electrons. The fourth-order valence-corrected chi connectivity index (χ4v) is 2.31. The molecule has 0 saturated carbocycles. The summed E-state index contributed by atoms with van der Waals surface area (Å²) in [7, 11) is 3.19. The summed E-state index contributed by atoms with van der Waals surface area (Å²) in [5.74, 6) is 1.56. The summed E-state index contributed by atoms with van der Waals surface area (Å²) in [6.45, 7) is 1.82. The SMILES string of the molecule is COc1ccc(-c2c(Cl)ccc(O)c2C)c(OC)c1. The van der Waals surface area contributed by atoms with E-state index in [1.54, 1.807) is 32.4 Å². The Bertz CT molecular complexity index is 609. The van der Waals surface area contributed by atoms with Crippen molar-refractivity contribution in [3.8, 4) is 28.4 Å². The first-order valence-electron chi connectivity index (χ1n) is 5.79. The molecule has 2 aromatic carbocycles. The maximum atomic E-state index is 9.83. The molecule has 3 nitrogen and oxygen atoms in total. The van der Waals surface area contributed by atoms with Crippen LogP contribution in [0.25, 0.3) is 11.1 Å². The molecule has 0 saturated heterocycles. The molecule has 0 unspecified atom stereocenters. The summed E-state index contributed by atoms with van der Waals surface area (Å²) >= 11 is 6.24. The molecule has 0 atom stereocenters. The molecule has 19 heavy (non-hydrogen) atoms. The Balaban J connectivity index is 2.68. The van der Waals surface area contributed by atoms with Crippen LogP contribution < -0.4 is 9.47 Å². The monoisotopic (exact) mass is 278 g/mol. The highest BCUT2D eigenvalue weighted by Crippen LogP contribution is 2.41. The Labute approximate surface area is 117 Å². The minimum atomic E-state index is 0.206. The third-order valence-electron chi connectivity index (χ3n) is 3.06. The van der Waals surface area contributed by atoms with Gasteiger partial charge >= 0.3 is 0 Å². The van der Waals surface area contributed by atoms with Crippen molar-refractivity contribution < 1.29 is 14.6 Å². The van der Waals surface area contributed by atoms with Gasteiger partial charge in [-0.15, -0.1) is 0 Å². The van der Waals surface area contributed by atoms with Crippen LogP contribution in [0.15, 0.2) is 30.3 Å². The van der Waals surface area contributed by atoms with E-state index < -0.39 is 0 Å². The third-order valence-corrected chi connectivity index (χ3v) is 3.38. The Hall–Kier alpha value is -1.87. The van der Waals surface area contributed by atoms with Gasteiger partial charge in [-0.2, -0.15) is 0 Å². The number of halogens is 1. The van der Waals surface area contributed by atoms with Crippen molar-refractivity contribution in [2.24, 2.45) is 0 Å². The van der Waals surface area contributed by atoms with Gasteiger partial charge in [0.15, 0.2) is 0 Å². The molecule has 0 spiro atoms. The molecule has 0 amide bonds. The molecule has 2 rings (SSSR count). The van der Waals surface area contributed by atoms with E-state index >= 15 is 0 Å². The molecule has 4 heteroatoms. The summed E-state index contributed by atoms with van der Waals surface area (Å²) in [6.07, 6.45) is 0. The van der Waals surface area contributed by atoms with Gasteiger partial charge in [-0.1, -0.05) is 11.6 Å². The fraction of sp³-hybridized carbons (Fsp3) is 0.200. The average Bonchev–Trinajstić information content (AvgIpc) is 2.43. The molecule has 0 fully saturated rings. The molecular formula is C15H15ClO3. The van der Waals surface area contributed by atoms with Gasteiger partial charge in [0, 0.05) is 27.8 Å². The van der Waals surface area contributed by atoms with Crippen molar-refractivity contribution >= 4 is 11.6 Å². The van der Waals surface area contributed by atoms with E-state index in [0.29, 0.717) is 16.5 Å². The van der Waals surface area contributed by atoms with E-state index in [2.05, 4.69) is 0 Å². The first kappa shape index (κ1) is 13.6. The van der Waals surface area contributed by atoms with Gasteiger partial charge in [0.25, 0.3) is 0 Å². The van der Waals surface area contributed by atoms with Crippen LogP contribution in [0, 0.1) is 6.92 Å². The summed E-state index contributed by atoms with van der Waals surface area (Å²) in [4.78, 5) is 0. The van der Waals surface area contributed by atoms with Crippen molar-refractivity contribution in [2.45, 2.75) is 6.92 Å². The normalized spacial score (nSPS) is 10.3. The molecule has 0 heterocycles. The van der Waals surface area contributed by atoms with Crippen molar-refractivity contribution in [1.82, 2.24) is 0 Å². The minimum Gasteiger partial charge on any atom is -0.508 e. The highest BCUT2D eigenvalue weighted by atomic mass is 35.5. The maximum absolute atomic E-state index is 9.83. The molecule has 0 radical (unpaired) electrons. The standard InChI is InChI=1S/C15H15ClO3/c1-9-13(17)7-6-12(16)15(9)11-5-4-10(18-2)8-14(11)19-3/h4-8,17H,1-3H3. The van der Waals surface area contributed by atoms with Crippen molar-refractivity contribution in [3.63, 3.8) is 0 Å². The van der Waals surface area contributed by atoms with E-state index in [9.17, 15) is 5.11 Å². The summed E-state index contributed by atoms with van der Waals surface area (Å²) < 4.78 is 10.5. The highest BCUT2D eigenvalue weighted by molar-refractivity contribution is 6.33. The molecular weight excluding hydrogens is 264 g/mol. The van der Waals surface area contributed by atoms with E-state index in [4.69, 9.17) is 21.1 Å². The van der Waals surface area contributed by atoms with Crippen LogP contribution in [0.4, 0.5) is 0 Å². The largest absolute Gasteiger partial charge is 0.508 e. The number of hydrogen-bond acceptors (Lipinski definition) is 3. The molecule has 0 aromatic heterocycles. The number of rotatable bonds is 3. The summed E-state index contributed by atoms with van der Waals surface area (Å²) in [5, 5.41) is 10.4. The number of ether oxygens (including phenoxy) is 2. The lowest BCUT2D eigenvalue weighted by Crippen LogP contribution is -1.93. The second-order valence-corrected chi connectivity index (χ2v) is 4.54. The number of phenolic OH excluding ortho intramolecular Hbond substituents is 1. The quantitative estimate of drug-likeness (QED) is 0.921. The predicted molar refractivity (Wildman–Crippen MR) is 76.4 cm³/mol. The zero-order valence-corrected chi connectivity index (χ0v) is 11.8. The molecule has 0 bridgehead atoms. The van der Waals surface area contributed by atoms with Crippen molar-refractivity contribution in [2.75, 3.05) is 14.2 Å². The van der Waals surface area contributed by atoms with E-state index in [-0.39, 0.29) is 5.75 Å². The zero-order valence-electron chi connectivity index (χ0n) is 11.0. The second kappa shape index (κ2) is 5.41. The highest BCUT2D eigenvalue weighted by Gasteiger charge is 2.15. The first-order valence-corrected chi connectivity index (χ1v) is 6.16. The smallest absolute Gasteiger partial charge is 0.130 e. The number of benzene rings is 2. The topological polar surface area (TPSA) is 38.7 Å². The van der Waals surface area contributed by atoms with Crippen LogP contribution >= 0.6 is 11.6 Å². The second-order valence-electron chi connectivity index (χ2n) is 4.13. The zero-order chi connectivity index (χ0) is 14.0. The van der Waals surface area contributed by atoms with Gasteiger partial charge in [0.05, 0.1) is 14.2 Å². The predicted octanol–water partition coefficient (Wildman–Crippen LogP) is 4.04. The minimum absolute atomic E-state index is 0.206. The molecule has 1 N–H and O–H groups in total. The van der Waals surface area contributed by atoms with Crippen LogP contribution in [-0.4, -0.2) is 19.3 Å². The lowest BCUT2D eigenvalue weighted by atomic mass is 9.98. The summed E-state index contributed by atoms with van der Waals surface area (Å²) in [6, 6.07) is 8.73. The molecule has 2 aromatic rings. The third kappa shape index (κ3) is 2.47. The lowest BCUT2D eigenvalue weighted by molar-refractivity contribution is 0.395. The average molecular weight is 279 g/mol. The van der Waals surface area contributed by atoms with E-state index in [0.717, 1.165) is 16.7 Å². The van der Waals surface area contributed by atoms with Crippen LogP contribution in [0.2, 0.25) is 5.02 Å². The molecule has 0 aliphatic rings. The van der Waals surface area contributed by atoms with Crippen molar-refractivity contribution in [1.29, 1.82) is 0 Å². The van der Waals surface area contributed by atoms with Gasteiger partial charge in [-0.25, -0.2) is 0 Å². The lowest BCUT2D eigenvalue weighted by Gasteiger charge is -2.14. The van der Waals surface area contributed by atoms with Crippen LogP contribution in [0.1, 0.15) is 5.56 Å². The number of phenols is 1. The van der Waals surface area contributed by atoms with E-state index in [1.807, 2.05) is 19.1 Å². The van der Waals surface area contributed by atoms with Gasteiger partial charge < -0.3 is 14.6 Å². The van der Waals surface area contributed by atoms with Gasteiger partial charge in [0.2, 0.25) is 0 Å². The van der Waals surface area contributed by atoms with Crippen molar-refractivity contribution in [3.05, 3.63) is 40.9 Å². The Morgan fingerprint density at radius 2 is 1.79 bits per heavy atom. The molecule has 0 aliphatic carbocycles. The first-order chi connectivity index (χ1) is 9.08. The van der Waals surface area contributed by atoms with Crippen LogP contribution in [-0.2, 0) is 0 Å². The van der Waals surface area contributed by atoms with Gasteiger partial charge in [0.1, 0.15) is 17.2 Å². The van der Waals surface area contributed by atoms with Crippen LogP contribution in [0.5, 0.6) is 17.2 Å². The maximum Gasteiger partial charge on any atom is 0.130 e. The Morgan fingerprint density at radius 1 is 1.05 bits per heavy atom. The van der Waals surface area contributed by atoms with E-state index in [1.165, 1.54) is 0 Å². The number of aromatic hydroxyl groups is 1. The van der Waals surface area contributed by atoms with Gasteiger partial charge in [-0.05, 0) is 31.2 Å². The number of hydrogen-bond donors (Lipinski definition) is 1. The Morgan fingerprint density at radius 3 is 2.42 bits per heavy atom. The van der Waals surface area contributed by atoms with Gasteiger partial charge in [-0.3, -0.25) is 0 Å². The summed E-state index contributed by atoms with van der Waals surface area (Å²) in [5.41, 5.74) is 2.30. The fourth-order valence-electron chi connectivity index (χ4n) is 2.00. The Kier molecular flexibility index (Phi) is 3.86.